The Morgan fingerprint density at radius 3 is 2.55 bits per heavy atom. The van der Waals surface area contributed by atoms with E-state index in [1.165, 1.54) is 10.5 Å². The first-order valence-corrected chi connectivity index (χ1v) is 7.67. The first kappa shape index (κ1) is 14.9. The maximum atomic E-state index is 10.2. The Hall–Kier alpha value is -1.45. The van der Waals surface area contributed by atoms with E-state index in [1.807, 2.05) is 36.4 Å². The van der Waals surface area contributed by atoms with Gasteiger partial charge >= 0.3 is 0 Å². The molecule has 0 aliphatic rings. The van der Waals surface area contributed by atoms with Crippen molar-refractivity contribution in [2.75, 3.05) is 12.9 Å². The van der Waals surface area contributed by atoms with E-state index in [4.69, 9.17) is 4.74 Å². The van der Waals surface area contributed by atoms with Crippen molar-refractivity contribution in [3.05, 3.63) is 59.7 Å². The van der Waals surface area contributed by atoms with Crippen molar-refractivity contribution in [1.29, 1.82) is 0 Å². The number of para-hydroxylation sites is 1. The molecule has 20 heavy (non-hydrogen) atoms. The van der Waals surface area contributed by atoms with Crippen LogP contribution in [0.5, 0.6) is 5.75 Å². The fourth-order valence-electron chi connectivity index (χ4n) is 2.09. The third-order valence-corrected chi connectivity index (χ3v) is 4.49. The maximum absolute atomic E-state index is 10.2. The number of hydrogen-bond acceptors (Lipinski definition) is 3. The minimum Gasteiger partial charge on any atom is -0.496 e. The smallest absolute Gasteiger partial charge is 0.122 e. The zero-order valence-corrected chi connectivity index (χ0v) is 12.7. The van der Waals surface area contributed by atoms with Crippen LogP contribution in [0.25, 0.3) is 0 Å². The van der Waals surface area contributed by atoms with E-state index in [0.717, 1.165) is 11.3 Å². The Balaban J connectivity index is 1.93. The lowest BCUT2D eigenvalue weighted by atomic mass is 10.1. The van der Waals surface area contributed by atoms with Crippen LogP contribution in [0.4, 0.5) is 0 Å². The average Bonchev–Trinajstić information content (AvgIpc) is 2.47. The van der Waals surface area contributed by atoms with Gasteiger partial charge in [-0.25, -0.2) is 0 Å². The molecule has 0 aliphatic carbocycles. The van der Waals surface area contributed by atoms with Gasteiger partial charge in [0.25, 0.3) is 0 Å². The molecule has 106 valence electrons. The van der Waals surface area contributed by atoms with Crippen LogP contribution in [-0.4, -0.2) is 24.1 Å². The highest BCUT2D eigenvalue weighted by atomic mass is 32.2. The monoisotopic (exact) mass is 288 g/mol. The summed E-state index contributed by atoms with van der Waals surface area (Å²) >= 11 is 1.70. The van der Waals surface area contributed by atoms with E-state index in [0.29, 0.717) is 12.2 Å². The highest BCUT2D eigenvalue weighted by Crippen LogP contribution is 2.25. The van der Waals surface area contributed by atoms with E-state index < -0.39 is 0 Å². The minimum atomic E-state index is -0.379. The van der Waals surface area contributed by atoms with Crippen molar-refractivity contribution in [1.82, 2.24) is 0 Å². The number of ether oxygens (including phenoxy) is 1. The van der Waals surface area contributed by atoms with Crippen LogP contribution in [0.2, 0.25) is 0 Å². The predicted molar refractivity (Wildman–Crippen MR) is 84.6 cm³/mol. The van der Waals surface area contributed by atoms with Gasteiger partial charge in [0, 0.05) is 17.1 Å². The summed E-state index contributed by atoms with van der Waals surface area (Å²) in [5, 5.41) is 10.2. The zero-order chi connectivity index (χ0) is 14.4. The second-order valence-corrected chi connectivity index (χ2v) is 5.81. The van der Waals surface area contributed by atoms with Gasteiger partial charge in [0.1, 0.15) is 5.75 Å². The zero-order valence-electron chi connectivity index (χ0n) is 11.9. The molecule has 2 nitrogen and oxygen atoms in total. The number of hydrogen-bond donors (Lipinski definition) is 1. The van der Waals surface area contributed by atoms with Crippen molar-refractivity contribution in [3.8, 4) is 5.75 Å². The van der Waals surface area contributed by atoms with Crippen LogP contribution >= 0.6 is 11.8 Å². The third-order valence-electron chi connectivity index (χ3n) is 3.17. The van der Waals surface area contributed by atoms with Crippen LogP contribution in [0.3, 0.4) is 0 Å². The quantitative estimate of drug-likeness (QED) is 0.822. The lowest BCUT2D eigenvalue weighted by molar-refractivity contribution is 0.199. The van der Waals surface area contributed by atoms with Crippen LogP contribution in [-0.2, 0) is 6.42 Å². The summed E-state index contributed by atoms with van der Waals surface area (Å²) in [6, 6.07) is 16.1. The number of thioether (sulfide) groups is 1. The van der Waals surface area contributed by atoms with Crippen molar-refractivity contribution < 1.29 is 9.84 Å². The summed E-state index contributed by atoms with van der Waals surface area (Å²) in [4.78, 5) is 1.23. The second kappa shape index (κ2) is 7.36. The largest absolute Gasteiger partial charge is 0.496 e. The molecule has 0 amide bonds. The van der Waals surface area contributed by atoms with Gasteiger partial charge in [0.15, 0.2) is 0 Å². The Kier molecular flexibility index (Phi) is 5.50. The molecule has 0 radical (unpaired) electrons. The number of rotatable bonds is 6. The van der Waals surface area contributed by atoms with E-state index in [-0.39, 0.29) is 6.10 Å². The van der Waals surface area contributed by atoms with Crippen LogP contribution < -0.4 is 4.74 Å². The Labute approximate surface area is 124 Å². The lowest BCUT2D eigenvalue weighted by Crippen LogP contribution is -2.14. The normalized spacial score (nSPS) is 12.2. The first-order valence-electron chi connectivity index (χ1n) is 6.69. The van der Waals surface area contributed by atoms with Gasteiger partial charge in [-0.3, -0.25) is 0 Å². The summed E-state index contributed by atoms with van der Waals surface area (Å²) in [7, 11) is 1.66. The van der Waals surface area contributed by atoms with Crippen LogP contribution in [0.1, 0.15) is 11.1 Å². The summed E-state index contributed by atoms with van der Waals surface area (Å²) in [6.45, 7) is 2.09. The molecule has 2 aromatic carbocycles. The predicted octanol–water partition coefficient (Wildman–Crippen LogP) is 3.70. The molecule has 2 aromatic rings. The summed E-state index contributed by atoms with van der Waals surface area (Å²) in [6.07, 6.45) is 0.235. The summed E-state index contributed by atoms with van der Waals surface area (Å²) < 4.78 is 5.31. The molecule has 0 bridgehead atoms. The molecule has 2 rings (SSSR count). The van der Waals surface area contributed by atoms with Gasteiger partial charge in [-0.1, -0.05) is 36.4 Å². The Morgan fingerprint density at radius 2 is 1.80 bits per heavy atom. The Morgan fingerprint density at radius 1 is 1.10 bits per heavy atom. The molecular formula is C17H20O2S. The molecule has 0 aliphatic heterocycles. The molecule has 0 fully saturated rings. The van der Waals surface area contributed by atoms with Gasteiger partial charge in [0.2, 0.25) is 0 Å². The molecule has 1 N–H and O–H groups in total. The van der Waals surface area contributed by atoms with E-state index in [2.05, 4.69) is 19.1 Å². The van der Waals surface area contributed by atoms with E-state index >= 15 is 0 Å². The molecule has 1 unspecified atom stereocenters. The summed E-state index contributed by atoms with van der Waals surface area (Å²) in [5.74, 6) is 1.52. The molecular weight excluding hydrogens is 268 g/mol. The molecule has 1 atom stereocenters. The van der Waals surface area contributed by atoms with Gasteiger partial charge in [0.05, 0.1) is 13.2 Å². The Bertz CT molecular complexity index is 554. The highest BCUT2D eigenvalue weighted by molar-refractivity contribution is 7.99. The second-order valence-electron chi connectivity index (χ2n) is 4.75. The average molecular weight is 288 g/mol. The summed E-state index contributed by atoms with van der Waals surface area (Å²) in [5.41, 5.74) is 2.30. The fraction of sp³-hybridized carbons (Fsp3) is 0.294. The lowest BCUT2D eigenvalue weighted by Gasteiger charge is -2.13. The number of aryl methyl sites for hydroxylation is 1. The van der Waals surface area contributed by atoms with Gasteiger partial charge < -0.3 is 9.84 Å². The van der Waals surface area contributed by atoms with Crippen LogP contribution in [0.15, 0.2) is 53.4 Å². The van der Waals surface area contributed by atoms with Crippen molar-refractivity contribution in [2.45, 2.75) is 24.3 Å². The van der Waals surface area contributed by atoms with Crippen molar-refractivity contribution >= 4 is 11.8 Å². The maximum Gasteiger partial charge on any atom is 0.122 e. The van der Waals surface area contributed by atoms with Gasteiger partial charge in [-0.15, -0.1) is 11.8 Å². The third kappa shape index (κ3) is 4.02. The first-order chi connectivity index (χ1) is 9.70. The van der Waals surface area contributed by atoms with Gasteiger partial charge in [-0.2, -0.15) is 0 Å². The minimum absolute atomic E-state index is 0.379. The van der Waals surface area contributed by atoms with Gasteiger partial charge in [-0.05, 0) is 30.2 Å². The van der Waals surface area contributed by atoms with Crippen molar-refractivity contribution in [2.24, 2.45) is 0 Å². The number of aliphatic hydroxyl groups excluding tert-OH is 1. The molecule has 0 aromatic heterocycles. The molecule has 0 saturated heterocycles. The molecule has 0 heterocycles. The molecule has 0 spiro atoms. The number of methoxy groups -OCH3 is 1. The molecule has 0 saturated carbocycles. The highest BCUT2D eigenvalue weighted by Gasteiger charge is 2.10. The topological polar surface area (TPSA) is 29.5 Å². The fourth-order valence-corrected chi connectivity index (χ4v) is 3.05. The van der Waals surface area contributed by atoms with E-state index in [1.54, 1.807) is 18.9 Å². The molecule has 3 heteroatoms. The standard InChI is InChI=1S/C17H20O2S/c1-13-7-3-6-10-17(13)20-12-15(18)11-14-8-4-5-9-16(14)19-2/h3-10,15,18H,11-12H2,1-2H3. The SMILES string of the molecule is COc1ccccc1CC(O)CSc1ccccc1C. The van der Waals surface area contributed by atoms with E-state index in [9.17, 15) is 5.11 Å². The van der Waals surface area contributed by atoms with Crippen LogP contribution in [0, 0.1) is 6.92 Å². The number of aliphatic hydroxyl groups is 1. The van der Waals surface area contributed by atoms with Crippen molar-refractivity contribution in [3.63, 3.8) is 0 Å². The number of benzene rings is 2.